The molecule has 1 aromatic carbocycles. The summed E-state index contributed by atoms with van der Waals surface area (Å²) in [5.41, 5.74) is 0.552. The van der Waals surface area contributed by atoms with E-state index in [1.807, 2.05) is 24.3 Å². The molecule has 3 rings (SSSR count). The number of nitrogens with one attached hydrogen (secondary N) is 1. The fourth-order valence-corrected chi connectivity index (χ4v) is 3.48. The minimum absolute atomic E-state index is 0. The van der Waals surface area contributed by atoms with Gasteiger partial charge in [-0.1, -0.05) is 24.3 Å². The van der Waals surface area contributed by atoms with Crippen molar-refractivity contribution in [1.29, 1.82) is 0 Å². The Labute approximate surface area is 140 Å². The first-order chi connectivity index (χ1) is 9.53. The minimum atomic E-state index is -2.08. The molecule has 21 heavy (non-hydrogen) atoms. The quantitative estimate of drug-likeness (QED) is 0.385. The van der Waals surface area contributed by atoms with Crippen molar-refractivity contribution in [3.63, 3.8) is 0 Å². The molecule has 6 heteroatoms. The smallest absolute Gasteiger partial charge is 0.319 e. The van der Waals surface area contributed by atoms with Gasteiger partial charge in [-0.2, -0.15) is 0 Å². The van der Waals surface area contributed by atoms with Gasteiger partial charge in [0, 0.05) is 13.1 Å². The molecule has 1 heterocycles. The number of carbonyl (C=O) groups is 1. The van der Waals surface area contributed by atoms with E-state index in [9.17, 15) is 15.0 Å². The van der Waals surface area contributed by atoms with Crippen LogP contribution in [0.5, 0.6) is 0 Å². The average molecular weight is 405 g/mol. The zero-order valence-corrected chi connectivity index (χ0v) is 14.2. The number of carbonyl (C=O) groups excluding carboxylic acids is 1. The predicted octanol–water partition coefficient (Wildman–Crippen LogP) is 0.778. The Hall–Kier alpha value is -0.700. The van der Waals surface area contributed by atoms with Crippen molar-refractivity contribution >= 4 is 29.9 Å². The molecule has 0 aromatic heterocycles. The maximum absolute atomic E-state index is 12.4. The third kappa shape index (κ3) is 2.28. The highest BCUT2D eigenvalue weighted by Crippen LogP contribution is 2.50. The van der Waals surface area contributed by atoms with Crippen molar-refractivity contribution in [2.75, 3.05) is 19.7 Å². The van der Waals surface area contributed by atoms with Crippen LogP contribution in [0.15, 0.2) is 24.3 Å². The molecule has 0 spiro atoms. The van der Waals surface area contributed by atoms with Gasteiger partial charge in [-0.05, 0) is 24.5 Å². The highest BCUT2D eigenvalue weighted by atomic mass is 127. The molecular weight excluding hydrogens is 385 g/mol. The van der Waals surface area contributed by atoms with Gasteiger partial charge < -0.3 is 20.3 Å². The monoisotopic (exact) mass is 405 g/mol. The largest absolute Gasteiger partial charge is 0.465 e. The molecular formula is C15H20INO4. The Balaban J connectivity index is 0.00000161. The zero-order valence-electron chi connectivity index (χ0n) is 11.8. The number of fused-ring (bicyclic) bond motifs is 4. The van der Waals surface area contributed by atoms with Gasteiger partial charge in [-0.25, -0.2) is 0 Å². The van der Waals surface area contributed by atoms with Crippen LogP contribution in [0.4, 0.5) is 0 Å². The van der Waals surface area contributed by atoms with E-state index in [0.717, 1.165) is 11.1 Å². The molecule has 1 aliphatic carbocycles. The lowest BCUT2D eigenvalue weighted by atomic mass is 9.60. The topological polar surface area (TPSA) is 78.8 Å². The molecule has 0 radical (unpaired) electrons. The normalized spacial score (nSPS) is 29.0. The number of hydrogen-bond acceptors (Lipinski definition) is 5. The number of ether oxygens (including phenoxy) is 1. The second-order valence-electron chi connectivity index (χ2n) is 5.59. The predicted molar refractivity (Wildman–Crippen MR) is 87.4 cm³/mol. The van der Waals surface area contributed by atoms with Crippen molar-refractivity contribution in [3.05, 3.63) is 35.4 Å². The Bertz CT molecular complexity index is 548. The third-order valence-electron chi connectivity index (χ3n) is 4.55. The first-order valence-corrected chi connectivity index (χ1v) is 6.93. The van der Waals surface area contributed by atoms with Crippen molar-refractivity contribution < 1.29 is 19.7 Å². The first kappa shape index (κ1) is 16.7. The number of esters is 1. The Morgan fingerprint density at radius 1 is 1.43 bits per heavy atom. The summed E-state index contributed by atoms with van der Waals surface area (Å²) in [4.78, 5) is 12.4. The van der Waals surface area contributed by atoms with Crippen LogP contribution in [-0.2, 0) is 16.0 Å². The first-order valence-electron chi connectivity index (χ1n) is 6.93. The van der Waals surface area contributed by atoms with Gasteiger partial charge in [0.15, 0.2) is 5.79 Å². The van der Waals surface area contributed by atoms with Gasteiger partial charge >= 0.3 is 5.97 Å². The van der Waals surface area contributed by atoms with E-state index in [4.69, 9.17) is 4.74 Å². The summed E-state index contributed by atoms with van der Waals surface area (Å²) in [6, 6.07) is 7.61. The molecule has 2 aliphatic rings. The highest BCUT2D eigenvalue weighted by Gasteiger charge is 2.64. The summed E-state index contributed by atoms with van der Waals surface area (Å²) >= 11 is 0. The maximum atomic E-state index is 12.4. The number of piperidine rings is 1. The summed E-state index contributed by atoms with van der Waals surface area (Å²) in [6.07, 6.45) is 0.276. The summed E-state index contributed by atoms with van der Waals surface area (Å²) in [5, 5.41) is 24.5. The van der Waals surface area contributed by atoms with Crippen LogP contribution < -0.4 is 5.32 Å². The summed E-state index contributed by atoms with van der Waals surface area (Å²) in [6.45, 7) is 2.59. The van der Waals surface area contributed by atoms with Crippen molar-refractivity contribution in [3.8, 4) is 0 Å². The summed E-state index contributed by atoms with van der Waals surface area (Å²) < 4.78 is 5.11. The van der Waals surface area contributed by atoms with Gasteiger partial charge in [0.05, 0.1) is 12.5 Å². The molecule has 0 saturated carbocycles. The molecule has 2 atom stereocenters. The van der Waals surface area contributed by atoms with Gasteiger partial charge in [-0.3, -0.25) is 4.79 Å². The van der Waals surface area contributed by atoms with Crippen molar-refractivity contribution in [2.24, 2.45) is 5.41 Å². The Kier molecular flexibility index (Phi) is 4.63. The zero-order chi connectivity index (χ0) is 14.4. The van der Waals surface area contributed by atoms with E-state index in [-0.39, 0.29) is 43.5 Å². The molecule has 3 N–H and O–H groups in total. The van der Waals surface area contributed by atoms with Gasteiger partial charge in [0.25, 0.3) is 0 Å². The SMILES string of the molecule is CCOC(=O)[C@]12CNC[C@H](c3ccccc3C1)C2(O)O.I. The Morgan fingerprint density at radius 2 is 2.14 bits per heavy atom. The lowest BCUT2D eigenvalue weighted by Gasteiger charge is -2.53. The fourth-order valence-electron chi connectivity index (χ4n) is 3.48. The van der Waals surface area contributed by atoms with Crippen molar-refractivity contribution in [2.45, 2.75) is 25.0 Å². The fraction of sp³-hybridized carbons (Fsp3) is 0.533. The third-order valence-corrected chi connectivity index (χ3v) is 4.55. The molecule has 0 amide bonds. The summed E-state index contributed by atoms with van der Waals surface area (Å²) in [5.74, 6) is -3.15. The molecule has 1 aromatic rings. The Morgan fingerprint density at radius 3 is 2.86 bits per heavy atom. The number of rotatable bonds is 2. The van der Waals surface area contributed by atoms with Crippen LogP contribution in [0, 0.1) is 5.41 Å². The molecule has 1 saturated heterocycles. The second-order valence-corrected chi connectivity index (χ2v) is 5.59. The second kappa shape index (κ2) is 5.83. The maximum Gasteiger partial charge on any atom is 0.319 e. The van der Waals surface area contributed by atoms with Crippen LogP contribution in [0.3, 0.4) is 0 Å². The van der Waals surface area contributed by atoms with Crippen LogP contribution in [-0.4, -0.2) is 41.7 Å². The summed E-state index contributed by atoms with van der Waals surface area (Å²) in [7, 11) is 0. The van der Waals surface area contributed by atoms with Crippen LogP contribution >= 0.6 is 24.0 Å². The lowest BCUT2D eigenvalue weighted by Crippen LogP contribution is -2.69. The van der Waals surface area contributed by atoms with Gasteiger partial charge in [-0.15, -0.1) is 24.0 Å². The van der Waals surface area contributed by atoms with Crippen LogP contribution in [0.1, 0.15) is 24.0 Å². The van der Waals surface area contributed by atoms with E-state index < -0.39 is 23.1 Å². The average Bonchev–Trinajstić information content (AvgIpc) is 2.39. The molecule has 2 bridgehead atoms. The van der Waals surface area contributed by atoms with E-state index in [1.54, 1.807) is 6.92 Å². The number of halogens is 1. The van der Waals surface area contributed by atoms with Crippen LogP contribution in [0.2, 0.25) is 0 Å². The van der Waals surface area contributed by atoms with Gasteiger partial charge in [0.2, 0.25) is 0 Å². The number of hydrogen-bond donors (Lipinski definition) is 3. The standard InChI is InChI=1S/C15H19NO4.HI/c1-2-20-13(17)14-7-10-5-3-4-6-11(10)12(8-16-9-14)15(14,18)19;/h3-6,12,16,18-19H,2,7-9H2,1H3;1H/t12-,14-;/m1./s1. The number of aliphatic hydroxyl groups is 2. The molecule has 1 fully saturated rings. The lowest BCUT2D eigenvalue weighted by molar-refractivity contribution is -0.272. The molecule has 0 unspecified atom stereocenters. The van der Waals surface area contributed by atoms with Crippen molar-refractivity contribution in [1.82, 2.24) is 5.32 Å². The van der Waals surface area contributed by atoms with Gasteiger partial charge in [0.1, 0.15) is 5.41 Å². The number of benzene rings is 1. The molecule has 116 valence electrons. The highest BCUT2D eigenvalue weighted by molar-refractivity contribution is 14.0. The van der Waals surface area contributed by atoms with E-state index >= 15 is 0 Å². The minimum Gasteiger partial charge on any atom is -0.465 e. The molecule has 5 nitrogen and oxygen atoms in total. The molecule has 1 aliphatic heterocycles. The van der Waals surface area contributed by atoms with E-state index in [0.29, 0.717) is 6.54 Å². The van der Waals surface area contributed by atoms with E-state index in [2.05, 4.69) is 5.32 Å². The van der Waals surface area contributed by atoms with Crippen LogP contribution in [0.25, 0.3) is 0 Å². The van der Waals surface area contributed by atoms with E-state index in [1.165, 1.54) is 0 Å².